The second-order valence-corrected chi connectivity index (χ2v) is 12.2. The molecule has 1 aliphatic rings. The van der Waals surface area contributed by atoms with E-state index in [2.05, 4.69) is 9.71 Å². The molecule has 0 radical (unpaired) electrons. The van der Waals surface area contributed by atoms with Crippen LogP contribution in [0.5, 0.6) is 23.1 Å². The van der Waals surface area contributed by atoms with E-state index in [1.807, 2.05) is 48.9 Å². The van der Waals surface area contributed by atoms with E-state index in [9.17, 15) is 18.3 Å². The molecular formula is C30H37N3O7S. The number of aromatic nitrogens is 1. The van der Waals surface area contributed by atoms with Crippen LogP contribution in [0.25, 0.3) is 0 Å². The maximum Gasteiger partial charge on any atom is 0.301 e. The molecule has 2 atom stereocenters. The Morgan fingerprint density at radius 3 is 2.49 bits per heavy atom. The van der Waals surface area contributed by atoms with Crippen molar-refractivity contribution in [3.05, 3.63) is 77.5 Å². The standard InChI is InChI=1S/C30H37N3O7S/c1-20(39-24-13-11-22(12-14-24)25-19-28(34)33-41(36,37)32-25)9-10-23-7-5-6-8-27(23)40-26-15-16-29(31-21(26)2)38-18-17-30(3,4)35/h5-8,11-16,20,25,32,35H,9-10,17-19H2,1-4H3,(H,33,34)/t20-,25?/m0/s1. The fourth-order valence-electron chi connectivity index (χ4n) is 4.30. The number of amides is 1. The van der Waals surface area contributed by atoms with E-state index in [0.29, 0.717) is 41.7 Å². The average molecular weight is 584 g/mol. The monoisotopic (exact) mass is 583 g/mol. The minimum atomic E-state index is -3.84. The number of rotatable bonds is 12. The first-order valence-electron chi connectivity index (χ1n) is 13.5. The summed E-state index contributed by atoms with van der Waals surface area (Å²) in [6, 6.07) is 17.9. The third-order valence-corrected chi connectivity index (χ3v) is 7.63. The third-order valence-electron chi connectivity index (χ3n) is 6.54. The van der Waals surface area contributed by atoms with Gasteiger partial charge in [-0.2, -0.15) is 13.1 Å². The Balaban J connectivity index is 1.31. The van der Waals surface area contributed by atoms with Crippen molar-refractivity contribution in [3.63, 3.8) is 0 Å². The van der Waals surface area contributed by atoms with Gasteiger partial charge in [0, 0.05) is 18.9 Å². The van der Waals surface area contributed by atoms with Gasteiger partial charge in [0.25, 0.3) is 0 Å². The molecule has 1 amide bonds. The van der Waals surface area contributed by atoms with Crippen LogP contribution in [-0.4, -0.2) is 42.7 Å². The van der Waals surface area contributed by atoms with Crippen LogP contribution < -0.4 is 23.7 Å². The van der Waals surface area contributed by atoms with E-state index in [1.165, 1.54) is 0 Å². The number of carbonyl (C=O) groups is 1. The predicted octanol–water partition coefficient (Wildman–Crippen LogP) is 4.52. The van der Waals surface area contributed by atoms with Gasteiger partial charge < -0.3 is 19.3 Å². The van der Waals surface area contributed by atoms with E-state index in [-0.39, 0.29) is 12.5 Å². The quantitative estimate of drug-likeness (QED) is 0.283. The highest BCUT2D eigenvalue weighted by Gasteiger charge is 2.29. The van der Waals surface area contributed by atoms with Gasteiger partial charge in [-0.15, -0.1) is 0 Å². The van der Waals surface area contributed by atoms with Gasteiger partial charge in [0.2, 0.25) is 11.8 Å². The second kappa shape index (κ2) is 12.9. The summed E-state index contributed by atoms with van der Waals surface area (Å²) in [7, 11) is -3.84. The largest absolute Gasteiger partial charge is 0.491 e. The third kappa shape index (κ3) is 9.17. The molecule has 2 heterocycles. The molecule has 3 N–H and O–H groups in total. The summed E-state index contributed by atoms with van der Waals surface area (Å²) >= 11 is 0. The van der Waals surface area contributed by atoms with Gasteiger partial charge in [0.05, 0.1) is 30.0 Å². The van der Waals surface area contributed by atoms with E-state index >= 15 is 0 Å². The van der Waals surface area contributed by atoms with Crippen LogP contribution in [0.2, 0.25) is 0 Å². The van der Waals surface area contributed by atoms with Crippen molar-refractivity contribution < 1.29 is 32.5 Å². The van der Waals surface area contributed by atoms with Crippen molar-refractivity contribution in [1.82, 2.24) is 14.4 Å². The normalized spacial score (nSPS) is 17.4. The summed E-state index contributed by atoms with van der Waals surface area (Å²) in [4.78, 5) is 16.2. The number of carbonyl (C=O) groups excluding carboxylic acids is 1. The summed E-state index contributed by atoms with van der Waals surface area (Å²) < 4.78 is 45.9. The summed E-state index contributed by atoms with van der Waals surface area (Å²) in [5, 5.41) is 9.85. The molecule has 4 rings (SSSR count). The highest BCUT2D eigenvalue weighted by atomic mass is 32.2. The number of nitrogens with zero attached hydrogens (tertiary/aromatic N) is 1. The number of pyridine rings is 1. The van der Waals surface area contributed by atoms with Crippen molar-refractivity contribution in [3.8, 4) is 23.1 Å². The summed E-state index contributed by atoms with van der Waals surface area (Å²) in [5.74, 6) is 1.97. The molecule has 220 valence electrons. The van der Waals surface area contributed by atoms with Crippen LogP contribution in [0, 0.1) is 6.92 Å². The number of aryl methyl sites for hydroxylation is 2. The zero-order valence-electron chi connectivity index (χ0n) is 23.7. The fourth-order valence-corrected chi connectivity index (χ4v) is 5.33. The van der Waals surface area contributed by atoms with Crippen molar-refractivity contribution in [2.45, 2.75) is 71.1 Å². The highest BCUT2D eigenvalue weighted by Crippen LogP contribution is 2.30. The lowest BCUT2D eigenvalue weighted by atomic mass is 10.0. The zero-order valence-corrected chi connectivity index (χ0v) is 24.5. The zero-order chi connectivity index (χ0) is 29.6. The Morgan fingerprint density at radius 2 is 1.80 bits per heavy atom. The van der Waals surface area contributed by atoms with Crippen molar-refractivity contribution >= 4 is 16.1 Å². The van der Waals surface area contributed by atoms with Crippen LogP contribution in [0.15, 0.2) is 60.7 Å². The van der Waals surface area contributed by atoms with Gasteiger partial charge in [-0.05, 0) is 75.9 Å². The van der Waals surface area contributed by atoms with Gasteiger partial charge in [-0.3, -0.25) is 4.79 Å². The maximum atomic E-state index is 11.8. The molecule has 11 heteroatoms. The van der Waals surface area contributed by atoms with E-state index < -0.39 is 27.8 Å². The second-order valence-electron chi connectivity index (χ2n) is 10.8. The molecule has 10 nitrogen and oxygen atoms in total. The lowest BCUT2D eigenvalue weighted by molar-refractivity contribution is -0.120. The van der Waals surface area contributed by atoms with Crippen molar-refractivity contribution in [2.24, 2.45) is 0 Å². The molecule has 0 saturated carbocycles. The number of aliphatic hydroxyl groups is 1. The van der Waals surface area contributed by atoms with Crippen LogP contribution in [0.3, 0.4) is 0 Å². The van der Waals surface area contributed by atoms with E-state index in [1.54, 1.807) is 44.2 Å². The molecule has 1 aliphatic heterocycles. The lowest BCUT2D eigenvalue weighted by Gasteiger charge is -2.24. The fraction of sp³-hybridized carbons (Fsp3) is 0.400. The Bertz CT molecular complexity index is 1450. The van der Waals surface area contributed by atoms with Crippen molar-refractivity contribution in [1.29, 1.82) is 0 Å². The molecule has 1 fully saturated rings. The number of hydrogen-bond acceptors (Lipinski definition) is 8. The number of ether oxygens (including phenoxy) is 3. The molecule has 2 aromatic carbocycles. The number of nitrogens with one attached hydrogen (secondary N) is 2. The van der Waals surface area contributed by atoms with E-state index in [4.69, 9.17) is 14.2 Å². The smallest absolute Gasteiger partial charge is 0.301 e. The number of hydrogen-bond donors (Lipinski definition) is 3. The molecule has 0 bridgehead atoms. The predicted molar refractivity (Wildman–Crippen MR) is 154 cm³/mol. The Kier molecular flexibility index (Phi) is 9.52. The minimum Gasteiger partial charge on any atom is -0.491 e. The molecule has 1 aromatic heterocycles. The summed E-state index contributed by atoms with van der Waals surface area (Å²) in [6.45, 7) is 7.69. The topological polar surface area (TPSA) is 136 Å². The van der Waals surface area contributed by atoms with Crippen LogP contribution in [0.4, 0.5) is 0 Å². The molecule has 0 aliphatic carbocycles. The molecule has 3 aromatic rings. The minimum absolute atomic E-state index is 0.0357. The van der Waals surface area contributed by atoms with Crippen LogP contribution >= 0.6 is 0 Å². The average Bonchev–Trinajstić information content (AvgIpc) is 2.88. The Hall–Kier alpha value is -3.67. The SMILES string of the molecule is Cc1nc(OCCC(C)(C)O)ccc1Oc1ccccc1CC[C@H](C)Oc1ccc(C2CC(=O)NS(=O)(=O)N2)cc1. The van der Waals surface area contributed by atoms with Gasteiger partial charge in [-0.1, -0.05) is 30.3 Å². The first kappa shape index (κ1) is 30.3. The summed E-state index contributed by atoms with van der Waals surface area (Å²) in [6.07, 6.45) is 1.89. The van der Waals surface area contributed by atoms with Gasteiger partial charge in [0.1, 0.15) is 17.2 Å². The maximum absolute atomic E-state index is 11.8. The van der Waals surface area contributed by atoms with Crippen LogP contribution in [-0.2, 0) is 21.4 Å². The van der Waals surface area contributed by atoms with Gasteiger partial charge in [-0.25, -0.2) is 9.71 Å². The number of benzene rings is 2. The first-order chi connectivity index (χ1) is 19.4. The Morgan fingerprint density at radius 1 is 1.07 bits per heavy atom. The molecular weight excluding hydrogens is 546 g/mol. The number of para-hydroxylation sites is 1. The highest BCUT2D eigenvalue weighted by molar-refractivity contribution is 7.88. The van der Waals surface area contributed by atoms with Gasteiger partial charge >= 0.3 is 10.2 Å². The Labute approximate surface area is 241 Å². The first-order valence-corrected chi connectivity index (χ1v) is 15.0. The van der Waals surface area contributed by atoms with Crippen LogP contribution in [0.1, 0.15) is 62.9 Å². The molecule has 1 unspecified atom stereocenters. The lowest BCUT2D eigenvalue weighted by Crippen LogP contribution is -2.48. The van der Waals surface area contributed by atoms with Gasteiger partial charge in [0.15, 0.2) is 0 Å². The van der Waals surface area contributed by atoms with Crippen molar-refractivity contribution in [2.75, 3.05) is 6.61 Å². The van der Waals surface area contributed by atoms with E-state index in [0.717, 1.165) is 24.2 Å². The molecule has 1 saturated heterocycles. The molecule has 41 heavy (non-hydrogen) atoms. The molecule has 0 spiro atoms. The summed E-state index contributed by atoms with van der Waals surface area (Å²) in [5.41, 5.74) is 1.62.